The molecule has 0 bridgehead atoms. The highest BCUT2D eigenvalue weighted by Gasteiger charge is 2.15. The van der Waals surface area contributed by atoms with Gasteiger partial charge in [-0.25, -0.2) is 4.79 Å². The molecule has 0 amide bonds. The van der Waals surface area contributed by atoms with Crippen LogP contribution in [0, 0.1) is 0 Å². The monoisotopic (exact) mass is 200 g/mol. The van der Waals surface area contributed by atoms with Gasteiger partial charge < -0.3 is 5.11 Å². The standard InChI is InChI=1S/C10H16O4/c1-2-3-4-5-6-8(11)7-9(12)10(13)14/h2-7H2,1H3,(H,13,14). The fraction of sp³-hybridized carbons (Fsp3) is 0.700. The predicted molar refractivity (Wildman–Crippen MR) is 51.0 cm³/mol. The molecule has 0 aliphatic rings. The molecule has 1 N–H and O–H groups in total. The van der Waals surface area contributed by atoms with Gasteiger partial charge in [0.15, 0.2) is 0 Å². The summed E-state index contributed by atoms with van der Waals surface area (Å²) in [7, 11) is 0. The van der Waals surface area contributed by atoms with Gasteiger partial charge in [0.25, 0.3) is 0 Å². The topological polar surface area (TPSA) is 71.4 Å². The van der Waals surface area contributed by atoms with Crippen LogP contribution in [0.25, 0.3) is 0 Å². The van der Waals surface area contributed by atoms with Gasteiger partial charge in [0.05, 0.1) is 6.42 Å². The van der Waals surface area contributed by atoms with Crippen molar-refractivity contribution in [3.05, 3.63) is 0 Å². The van der Waals surface area contributed by atoms with Crippen LogP contribution >= 0.6 is 0 Å². The van der Waals surface area contributed by atoms with Gasteiger partial charge in [0.2, 0.25) is 5.78 Å². The van der Waals surface area contributed by atoms with Gasteiger partial charge in [0.1, 0.15) is 5.78 Å². The number of carboxylic acids is 1. The molecule has 14 heavy (non-hydrogen) atoms. The van der Waals surface area contributed by atoms with E-state index in [9.17, 15) is 14.4 Å². The predicted octanol–water partition coefficient (Wildman–Crippen LogP) is 1.57. The Morgan fingerprint density at radius 3 is 2.21 bits per heavy atom. The van der Waals surface area contributed by atoms with E-state index in [1.807, 2.05) is 0 Å². The van der Waals surface area contributed by atoms with Crippen LogP contribution < -0.4 is 0 Å². The summed E-state index contributed by atoms with van der Waals surface area (Å²) in [6, 6.07) is 0. The van der Waals surface area contributed by atoms with Crippen molar-refractivity contribution in [3.63, 3.8) is 0 Å². The number of hydrogen-bond donors (Lipinski definition) is 1. The Bertz CT molecular complexity index is 220. The van der Waals surface area contributed by atoms with E-state index in [0.717, 1.165) is 25.7 Å². The fourth-order valence-electron chi connectivity index (χ4n) is 1.09. The van der Waals surface area contributed by atoms with Gasteiger partial charge in [-0.1, -0.05) is 26.2 Å². The molecule has 0 aliphatic carbocycles. The maximum atomic E-state index is 11.0. The number of aliphatic carboxylic acids is 1. The fourth-order valence-corrected chi connectivity index (χ4v) is 1.09. The summed E-state index contributed by atoms with van der Waals surface area (Å²) in [6.07, 6.45) is 3.73. The van der Waals surface area contributed by atoms with E-state index in [0.29, 0.717) is 6.42 Å². The van der Waals surface area contributed by atoms with E-state index in [2.05, 4.69) is 6.92 Å². The molecule has 80 valence electrons. The third-order valence-electron chi connectivity index (χ3n) is 1.91. The number of Topliss-reactive ketones (excluding diaryl/α,β-unsaturated/α-hetero) is 2. The van der Waals surface area contributed by atoms with Gasteiger partial charge in [-0.3, -0.25) is 9.59 Å². The smallest absolute Gasteiger partial charge is 0.372 e. The van der Waals surface area contributed by atoms with E-state index in [1.54, 1.807) is 0 Å². The maximum absolute atomic E-state index is 11.0. The van der Waals surface area contributed by atoms with Crippen molar-refractivity contribution in [2.45, 2.75) is 45.4 Å². The molecule has 0 atom stereocenters. The molecule has 0 aromatic heterocycles. The summed E-state index contributed by atoms with van der Waals surface area (Å²) in [5, 5.41) is 8.24. The number of hydrogen-bond acceptors (Lipinski definition) is 3. The summed E-state index contributed by atoms with van der Waals surface area (Å²) in [5.74, 6) is -2.80. The Labute approximate surface area is 83.3 Å². The van der Waals surface area contributed by atoms with Crippen LogP contribution in [0.1, 0.15) is 45.4 Å². The SMILES string of the molecule is CCCCCCC(=O)CC(=O)C(=O)O. The number of rotatable bonds is 8. The molecule has 0 spiro atoms. The van der Waals surface area contributed by atoms with Gasteiger partial charge in [-0.15, -0.1) is 0 Å². The normalized spacial score (nSPS) is 9.79. The molecular weight excluding hydrogens is 184 g/mol. The number of carbonyl (C=O) groups excluding carboxylic acids is 2. The zero-order chi connectivity index (χ0) is 11.0. The van der Waals surface area contributed by atoms with E-state index in [-0.39, 0.29) is 5.78 Å². The minimum atomic E-state index is -1.52. The lowest BCUT2D eigenvalue weighted by molar-refractivity contribution is -0.150. The summed E-state index contributed by atoms with van der Waals surface area (Å²) in [6.45, 7) is 2.07. The first kappa shape index (κ1) is 12.8. The van der Waals surface area contributed by atoms with Crippen LogP contribution in [0.3, 0.4) is 0 Å². The first-order valence-electron chi connectivity index (χ1n) is 4.85. The zero-order valence-corrected chi connectivity index (χ0v) is 8.41. The third-order valence-corrected chi connectivity index (χ3v) is 1.91. The second-order valence-corrected chi connectivity index (χ2v) is 3.25. The van der Waals surface area contributed by atoms with Crippen molar-refractivity contribution in [2.24, 2.45) is 0 Å². The van der Waals surface area contributed by atoms with Crippen LogP contribution in [-0.2, 0) is 14.4 Å². The minimum absolute atomic E-state index is 0.270. The van der Waals surface area contributed by atoms with Crippen LogP contribution in [-0.4, -0.2) is 22.6 Å². The van der Waals surface area contributed by atoms with Crippen molar-refractivity contribution >= 4 is 17.5 Å². The molecule has 0 saturated heterocycles. The van der Waals surface area contributed by atoms with Crippen molar-refractivity contribution < 1.29 is 19.5 Å². The minimum Gasteiger partial charge on any atom is -0.475 e. The summed E-state index contributed by atoms with van der Waals surface area (Å²) >= 11 is 0. The average Bonchev–Trinajstić information content (AvgIpc) is 2.12. The van der Waals surface area contributed by atoms with E-state index >= 15 is 0 Å². The van der Waals surface area contributed by atoms with E-state index in [1.165, 1.54) is 0 Å². The second-order valence-electron chi connectivity index (χ2n) is 3.25. The first-order valence-corrected chi connectivity index (χ1v) is 4.85. The Morgan fingerprint density at radius 1 is 1.07 bits per heavy atom. The molecule has 0 rings (SSSR count). The van der Waals surface area contributed by atoms with Crippen molar-refractivity contribution in [1.29, 1.82) is 0 Å². The van der Waals surface area contributed by atoms with Gasteiger partial charge >= 0.3 is 5.97 Å². The Hall–Kier alpha value is -1.19. The Morgan fingerprint density at radius 2 is 1.71 bits per heavy atom. The van der Waals surface area contributed by atoms with Crippen molar-refractivity contribution in [1.82, 2.24) is 0 Å². The van der Waals surface area contributed by atoms with Crippen molar-refractivity contribution in [3.8, 4) is 0 Å². The van der Waals surface area contributed by atoms with Crippen molar-refractivity contribution in [2.75, 3.05) is 0 Å². The summed E-state index contributed by atoms with van der Waals surface area (Å²) in [5.41, 5.74) is 0. The number of ketones is 2. The average molecular weight is 200 g/mol. The lowest BCUT2D eigenvalue weighted by Crippen LogP contribution is -2.16. The molecule has 0 heterocycles. The molecule has 4 nitrogen and oxygen atoms in total. The number of carbonyl (C=O) groups is 3. The quantitative estimate of drug-likeness (QED) is 0.366. The molecule has 0 unspecified atom stereocenters. The Kier molecular flexibility index (Phi) is 6.62. The van der Waals surface area contributed by atoms with E-state index < -0.39 is 18.2 Å². The zero-order valence-electron chi connectivity index (χ0n) is 8.41. The van der Waals surface area contributed by atoms with Crippen LogP contribution in [0.2, 0.25) is 0 Å². The lowest BCUT2D eigenvalue weighted by atomic mass is 10.1. The van der Waals surface area contributed by atoms with Crippen LogP contribution in [0.5, 0.6) is 0 Å². The van der Waals surface area contributed by atoms with Crippen LogP contribution in [0.15, 0.2) is 0 Å². The molecule has 0 saturated carbocycles. The highest BCUT2D eigenvalue weighted by Crippen LogP contribution is 2.04. The molecule has 4 heteroatoms. The van der Waals surface area contributed by atoms with Crippen LogP contribution in [0.4, 0.5) is 0 Å². The van der Waals surface area contributed by atoms with E-state index in [4.69, 9.17) is 5.11 Å². The second kappa shape index (κ2) is 7.24. The summed E-state index contributed by atoms with van der Waals surface area (Å²) < 4.78 is 0. The molecule has 0 radical (unpaired) electrons. The number of unbranched alkanes of at least 4 members (excludes halogenated alkanes) is 3. The highest BCUT2D eigenvalue weighted by molar-refractivity contribution is 6.36. The molecule has 0 aromatic carbocycles. The lowest BCUT2D eigenvalue weighted by Gasteiger charge is -1.97. The van der Waals surface area contributed by atoms with Gasteiger partial charge in [-0.2, -0.15) is 0 Å². The Balaban J connectivity index is 3.56. The van der Waals surface area contributed by atoms with Gasteiger partial charge in [0, 0.05) is 6.42 Å². The maximum Gasteiger partial charge on any atom is 0.372 e. The third kappa shape index (κ3) is 6.34. The number of carboxylic acid groups (broad SMARTS) is 1. The summed E-state index contributed by atoms with van der Waals surface area (Å²) in [4.78, 5) is 31.8. The molecular formula is C10H16O4. The highest BCUT2D eigenvalue weighted by atomic mass is 16.4. The molecule has 0 aromatic rings. The van der Waals surface area contributed by atoms with Gasteiger partial charge in [-0.05, 0) is 6.42 Å². The molecule has 0 aliphatic heterocycles. The largest absolute Gasteiger partial charge is 0.475 e. The first-order chi connectivity index (χ1) is 6.57. The molecule has 0 fully saturated rings.